The highest BCUT2D eigenvalue weighted by atomic mass is 19.4. The van der Waals surface area contributed by atoms with E-state index in [2.05, 4.69) is 28.4 Å². The summed E-state index contributed by atoms with van der Waals surface area (Å²) in [5, 5.41) is 0. The predicted octanol–water partition coefficient (Wildman–Crippen LogP) is 6.70. The van der Waals surface area contributed by atoms with Crippen molar-refractivity contribution in [2.45, 2.75) is 33.6 Å². The Morgan fingerprint density at radius 2 is 1.41 bits per heavy atom. The van der Waals surface area contributed by atoms with Crippen LogP contribution in [0.1, 0.15) is 45.9 Å². The number of alkyl halides is 3. The summed E-state index contributed by atoms with van der Waals surface area (Å²) in [6.07, 6.45) is -4.45. The standard InChI is InChI=1S/C27H20F4O/c1-4-23-15-22(12-11-21-10-7-19(3)25(28)16-21)17-26(32-27(29,30)31)24(23)14-13-20-8-5-18(2)6-9-20/h5-10,15-17H,4H2,1-3H3. The summed E-state index contributed by atoms with van der Waals surface area (Å²) in [4.78, 5) is 0. The van der Waals surface area contributed by atoms with Crippen LogP contribution in [-0.4, -0.2) is 6.36 Å². The number of benzene rings is 3. The molecule has 0 amide bonds. The maximum atomic E-state index is 13.7. The van der Waals surface area contributed by atoms with Gasteiger partial charge in [-0.05, 0) is 67.8 Å². The second-order valence-electron chi connectivity index (χ2n) is 7.24. The van der Waals surface area contributed by atoms with Crippen LogP contribution in [0, 0.1) is 43.3 Å². The van der Waals surface area contributed by atoms with Crippen LogP contribution in [0.25, 0.3) is 0 Å². The molecule has 0 aromatic heterocycles. The molecule has 0 fully saturated rings. The highest BCUT2D eigenvalue weighted by Crippen LogP contribution is 2.30. The highest BCUT2D eigenvalue weighted by Gasteiger charge is 2.32. The SMILES string of the molecule is CCc1cc(C#Cc2ccc(C)c(F)c2)cc(OC(F)(F)F)c1C#Cc1ccc(C)cc1. The molecule has 0 saturated heterocycles. The van der Waals surface area contributed by atoms with E-state index in [1.807, 2.05) is 26.0 Å². The van der Waals surface area contributed by atoms with E-state index in [1.165, 1.54) is 12.1 Å². The third-order valence-electron chi connectivity index (χ3n) is 4.70. The lowest BCUT2D eigenvalue weighted by atomic mass is 10.00. The summed E-state index contributed by atoms with van der Waals surface area (Å²) in [7, 11) is 0. The molecule has 0 radical (unpaired) electrons. The molecule has 0 bridgehead atoms. The minimum absolute atomic E-state index is 0.164. The Kier molecular flexibility index (Phi) is 6.91. The third-order valence-corrected chi connectivity index (χ3v) is 4.70. The van der Waals surface area contributed by atoms with Crippen LogP contribution in [0.3, 0.4) is 0 Å². The van der Waals surface area contributed by atoms with Gasteiger partial charge in [0, 0.05) is 16.7 Å². The maximum Gasteiger partial charge on any atom is 0.573 e. The fourth-order valence-electron chi connectivity index (χ4n) is 2.96. The van der Waals surface area contributed by atoms with E-state index in [0.717, 1.165) is 5.56 Å². The minimum atomic E-state index is -4.88. The van der Waals surface area contributed by atoms with E-state index in [1.54, 1.807) is 37.3 Å². The van der Waals surface area contributed by atoms with Crippen molar-refractivity contribution in [3.8, 4) is 29.4 Å². The highest BCUT2D eigenvalue weighted by molar-refractivity contribution is 5.59. The van der Waals surface area contributed by atoms with Crippen molar-refractivity contribution in [1.29, 1.82) is 0 Å². The van der Waals surface area contributed by atoms with Crippen molar-refractivity contribution in [2.24, 2.45) is 0 Å². The van der Waals surface area contributed by atoms with Crippen LogP contribution >= 0.6 is 0 Å². The van der Waals surface area contributed by atoms with Gasteiger partial charge in [0.15, 0.2) is 0 Å². The molecule has 0 aliphatic heterocycles. The lowest BCUT2D eigenvalue weighted by Gasteiger charge is -2.14. The number of hydrogen-bond donors (Lipinski definition) is 0. The summed E-state index contributed by atoms with van der Waals surface area (Å²) < 4.78 is 57.3. The minimum Gasteiger partial charge on any atom is -0.404 e. The van der Waals surface area contributed by atoms with Gasteiger partial charge in [-0.25, -0.2) is 4.39 Å². The summed E-state index contributed by atoms with van der Waals surface area (Å²) >= 11 is 0. The number of aryl methyl sites for hydroxylation is 3. The molecule has 162 valence electrons. The topological polar surface area (TPSA) is 9.23 Å². The van der Waals surface area contributed by atoms with Gasteiger partial charge >= 0.3 is 6.36 Å². The van der Waals surface area contributed by atoms with E-state index < -0.39 is 17.9 Å². The smallest absolute Gasteiger partial charge is 0.404 e. The quantitative estimate of drug-likeness (QED) is 0.321. The third kappa shape index (κ3) is 6.15. The van der Waals surface area contributed by atoms with Gasteiger partial charge in [0.1, 0.15) is 11.6 Å². The van der Waals surface area contributed by atoms with E-state index in [0.29, 0.717) is 34.2 Å². The molecule has 0 unspecified atom stereocenters. The van der Waals surface area contributed by atoms with Gasteiger partial charge in [-0.15, -0.1) is 13.2 Å². The monoisotopic (exact) mass is 436 g/mol. The van der Waals surface area contributed by atoms with E-state index in [4.69, 9.17) is 0 Å². The molecule has 3 rings (SSSR count). The average Bonchev–Trinajstić information content (AvgIpc) is 2.73. The normalized spacial score (nSPS) is 10.6. The van der Waals surface area contributed by atoms with Gasteiger partial charge in [0.05, 0.1) is 5.56 Å². The van der Waals surface area contributed by atoms with E-state index >= 15 is 0 Å². The van der Waals surface area contributed by atoms with Crippen LogP contribution < -0.4 is 4.74 Å². The summed E-state index contributed by atoms with van der Waals surface area (Å²) in [6.45, 7) is 5.39. The molecule has 0 aliphatic rings. The lowest BCUT2D eigenvalue weighted by Crippen LogP contribution is -2.18. The second kappa shape index (κ2) is 9.62. The van der Waals surface area contributed by atoms with Gasteiger partial charge < -0.3 is 4.74 Å². The first-order chi connectivity index (χ1) is 15.1. The van der Waals surface area contributed by atoms with Gasteiger partial charge in [-0.2, -0.15) is 0 Å². The molecule has 0 spiro atoms. The van der Waals surface area contributed by atoms with Crippen LogP contribution in [0.5, 0.6) is 5.75 Å². The first-order valence-electron chi connectivity index (χ1n) is 9.94. The Bertz CT molecular complexity index is 1250. The van der Waals surface area contributed by atoms with Crippen LogP contribution in [0.4, 0.5) is 17.6 Å². The van der Waals surface area contributed by atoms with Crippen molar-refractivity contribution in [1.82, 2.24) is 0 Å². The molecule has 0 heterocycles. The Labute approximate surface area is 185 Å². The molecular weight excluding hydrogens is 416 g/mol. The molecule has 0 atom stereocenters. The van der Waals surface area contributed by atoms with Gasteiger partial charge in [-0.1, -0.05) is 54.4 Å². The lowest BCUT2D eigenvalue weighted by molar-refractivity contribution is -0.274. The molecule has 1 nitrogen and oxygen atoms in total. The van der Waals surface area contributed by atoms with Gasteiger partial charge in [-0.3, -0.25) is 0 Å². The summed E-state index contributed by atoms with van der Waals surface area (Å²) in [5.41, 5.74) is 3.71. The molecule has 5 heteroatoms. The van der Waals surface area contributed by atoms with E-state index in [9.17, 15) is 17.6 Å². The second-order valence-corrected chi connectivity index (χ2v) is 7.24. The Balaban J connectivity index is 2.07. The molecule has 0 saturated carbocycles. The number of halogens is 4. The van der Waals surface area contributed by atoms with Crippen molar-refractivity contribution < 1.29 is 22.3 Å². The molecule has 3 aromatic rings. The fourth-order valence-corrected chi connectivity index (χ4v) is 2.96. The predicted molar refractivity (Wildman–Crippen MR) is 117 cm³/mol. The zero-order chi connectivity index (χ0) is 23.3. The number of ether oxygens (including phenoxy) is 1. The molecule has 32 heavy (non-hydrogen) atoms. The van der Waals surface area contributed by atoms with Crippen LogP contribution in [0.2, 0.25) is 0 Å². The first-order valence-corrected chi connectivity index (χ1v) is 9.94. The Morgan fingerprint density at radius 3 is 2.03 bits per heavy atom. The maximum absolute atomic E-state index is 13.7. The van der Waals surface area contributed by atoms with Crippen LogP contribution in [-0.2, 0) is 6.42 Å². The molecule has 3 aromatic carbocycles. The fraction of sp³-hybridized carbons (Fsp3) is 0.185. The molecule has 0 aliphatic carbocycles. The average molecular weight is 436 g/mol. The number of rotatable bonds is 2. The van der Waals surface area contributed by atoms with Crippen molar-refractivity contribution in [3.63, 3.8) is 0 Å². The Hall–Kier alpha value is -3.70. The molecular formula is C27H20F4O. The van der Waals surface area contributed by atoms with Gasteiger partial charge in [0.25, 0.3) is 0 Å². The number of hydrogen-bond acceptors (Lipinski definition) is 1. The summed E-state index contributed by atoms with van der Waals surface area (Å²) in [6, 6.07) is 14.8. The van der Waals surface area contributed by atoms with Gasteiger partial charge in [0.2, 0.25) is 0 Å². The largest absolute Gasteiger partial charge is 0.573 e. The zero-order valence-corrected chi connectivity index (χ0v) is 17.8. The molecule has 0 N–H and O–H groups in total. The zero-order valence-electron chi connectivity index (χ0n) is 17.8. The van der Waals surface area contributed by atoms with E-state index in [-0.39, 0.29) is 5.56 Å². The van der Waals surface area contributed by atoms with Crippen LogP contribution in [0.15, 0.2) is 54.6 Å². The van der Waals surface area contributed by atoms with Crippen molar-refractivity contribution in [2.75, 3.05) is 0 Å². The Morgan fingerprint density at radius 1 is 0.781 bits per heavy atom. The van der Waals surface area contributed by atoms with Crippen molar-refractivity contribution >= 4 is 0 Å². The first kappa shape index (κ1) is 23.0. The van der Waals surface area contributed by atoms with Crippen molar-refractivity contribution in [3.05, 3.63) is 99.4 Å². The summed E-state index contributed by atoms with van der Waals surface area (Å²) in [5.74, 6) is 10.5.